The smallest absolute Gasteiger partial charge is 0.224 e. The lowest BCUT2D eigenvalue weighted by Crippen LogP contribution is -2.41. The minimum absolute atomic E-state index is 0.000379. The monoisotopic (exact) mass is 286 g/mol. The Hall–Kier alpha value is -2.07. The van der Waals surface area contributed by atoms with Crippen molar-refractivity contribution in [3.05, 3.63) is 60.1 Å². The minimum Gasteiger partial charge on any atom is -0.469 e. The Bertz CT molecular complexity index is 537. The molecule has 2 unspecified atom stereocenters. The molecule has 0 saturated heterocycles. The van der Waals surface area contributed by atoms with Gasteiger partial charge in [-0.1, -0.05) is 30.3 Å². The van der Waals surface area contributed by atoms with Crippen LogP contribution in [0.1, 0.15) is 18.2 Å². The number of amides is 1. The van der Waals surface area contributed by atoms with E-state index in [4.69, 9.17) is 10.2 Å². The standard InChI is InChI=1S/C17H22N2O2/c1-13(10-16-8-5-9-21-16)19-17(20)15(12-18)11-14-6-3-2-4-7-14/h2-9,13,15H,10-12,18H2,1H3,(H,19,20). The summed E-state index contributed by atoms with van der Waals surface area (Å²) in [5.74, 6) is 0.669. The normalized spacial score (nSPS) is 13.6. The summed E-state index contributed by atoms with van der Waals surface area (Å²) in [6.07, 6.45) is 2.99. The summed E-state index contributed by atoms with van der Waals surface area (Å²) in [4.78, 5) is 12.3. The molecule has 0 aliphatic carbocycles. The molecule has 0 bridgehead atoms. The van der Waals surface area contributed by atoms with E-state index < -0.39 is 0 Å². The van der Waals surface area contributed by atoms with Gasteiger partial charge in [-0.15, -0.1) is 0 Å². The van der Waals surface area contributed by atoms with Crippen molar-refractivity contribution in [3.63, 3.8) is 0 Å². The highest BCUT2D eigenvalue weighted by atomic mass is 16.3. The highest BCUT2D eigenvalue weighted by Crippen LogP contribution is 2.09. The van der Waals surface area contributed by atoms with Gasteiger partial charge >= 0.3 is 0 Å². The van der Waals surface area contributed by atoms with E-state index in [9.17, 15) is 4.79 Å². The lowest BCUT2D eigenvalue weighted by molar-refractivity contribution is -0.125. The maximum Gasteiger partial charge on any atom is 0.224 e. The Morgan fingerprint density at radius 2 is 1.95 bits per heavy atom. The summed E-state index contributed by atoms with van der Waals surface area (Å²) < 4.78 is 5.29. The SMILES string of the molecule is CC(Cc1ccco1)NC(=O)C(CN)Cc1ccccc1. The largest absolute Gasteiger partial charge is 0.469 e. The molecule has 112 valence electrons. The van der Waals surface area contributed by atoms with E-state index in [-0.39, 0.29) is 17.9 Å². The second-order valence-corrected chi connectivity index (χ2v) is 5.32. The highest BCUT2D eigenvalue weighted by Gasteiger charge is 2.19. The summed E-state index contributed by atoms with van der Waals surface area (Å²) in [6, 6.07) is 13.7. The third-order valence-electron chi connectivity index (χ3n) is 3.46. The molecule has 0 radical (unpaired) electrons. The molecule has 1 aromatic heterocycles. The number of furan rings is 1. The second kappa shape index (κ2) is 7.64. The van der Waals surface area contributed by atoms with Crippen LogP contribution in [0.2, 0.25) is 0 Å². The van der Waals surface area contributed by atoms with Crippen molar-refractivity contribution in [3.8, 4) is 0 Å². The first-order valence-electron chi connectivity index (χ1n) is 7.25. The van der Waals surface area contributed by atoms with E-state index in [0.717, 1.165) is 11.3 Å². The second-order valence-electron chi connectivity index (χ2n) is 5.32. The maximum absolute atomic E-state index is 12.3. The molecule has 1 amide bonds. The average Bonchev–Trinajstić information content (AvgIpc) is 2.98. The van der Waals surface area contributed by atoms with Crippen molar-refractivity contribution in [2.24, 2.45) is 11.7 Å². The maximum atomic E-state index is 12.3. The topological polar surface area (TPSA) is 68.3 Å². The van der Waals surface area contributed by atoms with E-state index in [2.05, 4.69) is 5.32 Å². The van der Waals surface area contributed by atoms with Crippen LogP contribution in [-0.2, 0) is 17.6 Å². The zero-order valence-corrected chi connectivity index (χ0v) is 12.3. The van der Waals surface area contributed by atoms with Crippen LogP contribution in [0, 0.1) is 5.92 Å². The van der Waals surface area contributed by atoms with Gasteiger partial charge in [-0.05, 0) is 31.0 Å². The number of hydrogen-bond acceptors (Lipinski definition) is 3. The van der Waals surface area contributed by atoms with Gasteiger partial charge in [-0.3, -0.25) is 4.79 Å². The summed E-state index contributed by atoms with van der Waals surface area (Å²) in [5.41, 5.74) is 6.88. The molecule has 0 saturated carbocycles. The first-order valence-corrected chi connectivity index (χ1v) is 7.25. The molecule has 2 atom stereocenters. The van der Waals surface area contributed by atoms with Gasteiger partial charge in [-0.2, -0.15) is 0 Å². The molecule has 0 spiro atoms. The quantitative estimate of drug-likeness (QED) is 0.819. The van der Waals surface area contributed by atoms with Crippen LogP contribution in [0.5, 0.6) is 0 Å². The molecule has 1 heterocycles. The predicted molar refractivity (Wildman–Crippen MR) is 82.7 cm³/mol. The Morgan fingerprint density at radius 3 is 2.57 bits per heavy atom. The van der Waals surface area contributed by atoms with Crippen LogP contribution in [0.25, 0.3) is 0 Å². The molecule has 2 rings (SSSR count). The molecule has 4 nitrogen and oxygen atoms in total. The Morgan fingerprint density at radius 1 is 1.19 bits per heavy atom. The number of rotatable bonds is 7. The van der Waals surface area contributed by atoms with Gasteiger partial charge in [-0.25, -0.2) is 0 Å². The summed E-state index contributed by atoms with van der Waals surface area (Å²) in [6.45, 7) is 2.31. The zero-order valence-electron chi connectivity index (χ0n) is 12.3. The Labute approximate surface area is 125 Å². The summed E-state index contributed by atoms with van der Waals surface area (Å²) in [5, 5.41) is 3.01. The van der Waals surface area contributed by atoms with Gasteiger partial charge < -0.3 is 15.5 Å². The molecule has 4 heteroatoms. The molecule has 21 heavy (non-hydrogen) atoms. The van der Waals surface area contributed by atoms with Crippen molar-refractivity contribution in [1.82, 2.24) is 5.32 Å². The Kier molecular flexibility index (Phi) is 5.58. The number of benzene rings is 1. The third kappa shape index (κ3) is 4.76. The minimum atomic E-state index is -0.202. The van der Waals surface area contributed by atoms with E-state index in [1.165, 1.54) is 0 Å². The lowest BCUT2D eigenvalue weighted by Gasteiger charge is -2.18. The molecule has 0 aliphatic heterocycles. The van der Waals surface area contributed by atoms with Crippen LogP contribution in [0.15, 0.2) is 53.1 Å². The van der Waals surface area contributed by atoms with E-state index in [1.807, 2.05) is 49.4 Å². The molecule has 1 aromatic carbocycles. The summed E-state index contributed by atoms with van der Waals surface area (Å²) >= 11 is 0. The first kappa shape index (κ1) is 15.3. The number of nitrogens with one attached hydrogen (secondary N) is 1. The molecule has 0 aliphatic rings. The number of hydrogen-bond donors (Lipinski definition) is 2. The fraction of sp³-hybridized carbons (Fsp3) is 0.353. The molecule has 2 aromatic rings. The van der Waals surface area contributed by atoms with E-state index in [0.29, 0.717) is 19.4 Å². The lowest BCUT2D eigenvalue weighted by atomic mass is 9.98. The van der Waals surface area contributed by atoms with Gasteiger partial charge in [0.2, 0.25) is 5.91 Å². The highest BCUT2D eigenvalue weighted by molar-refractivity contribution is 5.79. The molecular weight excluding hydrogens is 264 g/mol. The van der Waals surface area contributed by atoms with Gasteiger partial charge in [0.05, 0.1) is 12.2 Å². The molecule has 3 N–H and O–H groups in total. The van der Waals surface area contributed by atoms with Crippen LogP contribution in [0.4, 0.5) is 0 Å². The van der Waals surface area contributed by atoms with Crippen molar-refractivity contribution in [2.75, 3.05) is 6.54 Å². The third-order valence-corrected chi connectivity index (χ3v) is 3.46. The van der Waals surface area contributed by atoms with E-state index in [1.54, 1.807) is 6.26 Å². The van der Waals surface area contributed by atoms with Gasteiger partial charge in [0.15, 0.2) is 0 Å². The fourth-order valence-corrected chi connectivity index (χ4v) is 2.32. The zero-order chi connectivity index (χ0) is 15.1. The van der Waals surface area contributed by atoms with Crippen molar-refractivity contribution in [2.45, 2.75) is 25.8 Å². The molecular formula is C17H22N2O2. The van der Waals surface area contributed by atoms with Crippen LogP contribution in [0.3, 0.4) is 0 Å². The fourth-order valence-electron chi connectivity index (χ4n) is 2.32. The van der Waals surface area contributed by atoms with E-state index >= 15 is 0 Å². The van der Waals surface area contributed by atoms with Gasteiger partial charge in [0, 0.05) is 19.0 Å². The number of carbonyl (C=O) groups is 1. The van der Waals surface area contributed by atoms with Crippen LogP contribution < -0.4 is 11.1 Å². The number of nitrogens with two attached hydrogens (primary N) is 1. The van der Waals surface area contributed by atoms with Gasteiger partial charge in [0.25, 0.3) is 0 Å². The predicted octanol–water partition coefficient (Wildman–Crippen LogP) is 2.14. The van der Waals surface area contributed by atoms with Crippen molar-refractivity contribution in [1.29, 1.82) is 0 Å². The van der Waals surface area contributed by atoms with Crippen LogP contribution >= 0.6 is 0 Å². The van der Waals surface area contributed by atoms with Crippen LogP contribution in [-0.4, -0.2) is 18.5 Å². The van der Waals surface area contributed by atoms with Gasteiger partial charge in [0.1, 0.15) is 5.76 Å². The first-order chi connectivity index (χ1) is 10.2. The Balaban J connectivity index is 1.87. The average molecular weight is 286 g/mol. The molecule has 0 fully saturated rings. The number of carbonyl (C=O) groups excluding carboxylic acids is 1. The van der Waals surface area contributed by atoms with Crippen molar-refractivity contribution >= 4 is 5.91 Å². The van der Waals surface area contributed by atoms with Crippen molar-refractivity contribution < 1.29 is 9.21 Å². The summed E-state index contributed by atoms with van der Waals surface area (Å²) in [7, 11) is 0.